The highest BCUT2D eigenvalue weighted by molar-refractivity contribution is 9.10. The average molecular weight is 445 g/mol. The van der Waals surface area contributed by atoms with Crippen LogP contribution in [0.5, 0.6) is 0 Å². The molecule has 1 nitrogen and oxygen atoms in total. The van der Waals surface area contributed by atoms with E-state index >= 15 is 0 Å². The Bertz CT molecular complexity index is 758. The van der Waals surface area contributed by atoms with E-state index < -0.39 is 0 Å². The van der Waals surface area contributed by atoms with Crippen molar-refractivity contribution in [3.63, 3.8) is 0 Å². The lowest BCUT2D eigenvalue weighted by molar-refractivity contribution is 0.403. The van der Waals surface area contributed by atoms with Gasteiger partial charge in [-0.25, -0.2) is 0 Å². The lowest BCUT2D eigenvalue weighted by Gasteiger charge is -2.19. The number of hydrogen-bond acceptors (Lipinski definition) is 1. The number of halogens is 2. The first-order valence-electron chi connectivity index (χ1n) is 7.83. The van der Waals surface area contributed by atoms with Gasteiger partial charge in [-0.2, -0.15) is 0 Å². The second-order valence-electron chi connectivity index (χ2n) is 6.08. The van der Waals surface area contributed by atoms with Crippen molar-refractivity contribution in [2.24, 2.45) is 0 Å². The van der Waals surface area contributed by atoms with Crippen LogP contribution in [0.3, 0.4) is 0 Å². The summed E-state index contributed by atoms with van der Waals surface area (Å²) < 4.78 is 2.20. The summed E-state index contributed by atoms with van der Waals surface area (Å²) in [6, 6.07) is 23.6. The first-order chi connectivity index (χ1) is 11.5. The van der Waals surface area contributed by atoms with Gasteiger partial charge in [-0.15, -0.1) is 0 Å². The van der Waals surface area contributed by atoms with Gasteiger partial charge < -0.3 is 4.90 Å². The van der Waals surface area contributed by atoms with Crippen LogP contribution in [-0.2, 0) is 6.54 Å². The fraction of sp³-hybridized carbons (Fsp3) is 0.143. The third-order valence-corrected chi connectivity index (χ3v) is 5.02. The number of hydrogen-bond donors (Lipinski definition) is 0. The Hall–Kier alpha value is -1.42. The fourth-order valence-corrected chi connectivity index (χ4v) is 3.40. The Kier molecular flexibility index (Phi) is 5.54. The van der Waals surface area contributed by atoms with Crippen molar-refractivity contribution >= 4 is 31.9 Å². The van der Waals surface area contributed by atoms with Crippen LogP contribution in [0.15, 0.2) is 75.7 Å². The SMILES string of the molecule is CN(C)Cc1c(-c2ccc(Br)cc2)cccc1-c1ccc(Br)cc1. The van der Waals surface area contributed by atoms with Crippen LogP contribution in [-0.4, -0.2) is 19.0 Å². The molecule has 0 aromatic heterocycles. The van der Waals surface area contributed by atoms with E-state index in [1.807, 2.05) is 0 Å². The predicted molar refractivity (Wildman–Crippen MR) is 110 cm³/mol. The molecule has 3 rings (SSSR count). The molecule has 0 aliphatic rings. The topological polar surface area (TPSA) is 3.24 Å². The smallest absolute Gasteiger partial charge is 0.0239 e. The van der Waals surface area contributed by atoms with Crippen LogP contribution in [0.1, 0.15) is 5.56 Å². The first-order valence-corrected chi connectivity index (χ1v) is 9.41. The summed E-state index contributed by atoms with van der Waals surface area (Å²) in [4.78, 5) is 2.22. The molecule has 0 fully saturated rings. The van der Waals surface area contributed by atoms with Gasteiger partial charge >= 0.3 is 0 Å². The van der Waals surface area contributed by atoms with Crippen molar-refractivity contribution in [3.05, 3.63) is 81.2 Å². The molecule has 3 aromatic carbocycles. The maximum atomic E-state index is 3.52. The van der Waals surface area contributed by atoms with E-state index in [9.17, 15) is 0 Å². The Labute approximate surface area is 160 Å². The largest absolute Gasteiger partial charge is 0.305 e. The van der Waals surface area contributed by atoms with E-state index in [2.05, 4.69) is 118 Å². The molecular formula is C21H19Br2N. The summed E-state index contributed by atoms with van der Waals surface area (Å²) in [5.41, 5.74) is 6.42. The Morgan fingerprint density at radius 2 is 1.08 bits per heavy atom. The summed E-state index contributed by atoms with van der Waals surface area (Å²) in [5, 5.41) is 0. The molecule has 3 heteroatoms. The van der Waals surface area contributed by atoms with Gasteiger partial charge in [-0.3, -0.25) is 0 Å². The second kappa shape index (κ2) is 7.64. The van der Waals surface area contributed by atoms with Gasteiger partial charge in [0.15, 0.2) is 0 Å². The molecule has 3 aromatic rings. The van der Waals surface area contributed by atoms with Gasteiger partial charge in [0.05, 0.1) is 0 Å². The Morgan fingerprint density at radius 1 is 0.667 bits per heavy atom. The highest BCUT2D eigenvalue weighted by atomic mass is 79.9. The standard InChI is InChI=1S/C21H19Br2N/c1-24(2)14-21-19(15-6-10-17(22)11-7-15)4-3-5-20(21)16-8-12-18(23)13-9-16/h3-13H,14H2,1-2H3. The molecule has 0 heterocycles. The average Bonchev–Trinajstić information content (AvgIpc) is 2.56. The molecule has 0 unspecified atom stereocenters. The van der Waals surface area contributed by atoms with Crippen LogP contribution >= 0.6 is 31.9 Å². The molecule has 0 aliphatic carbocycles. The molecule has 0 amide bonds. The van der Waals surface area contributed by atoms with E-state index in [4.69, 9.17) is 0 Å². The van der Waals surface area contributed by atoms with Crippen molar-refractivity contribution in [2.45, 2.75) is 6.54 Å². The van der Waals surface area contributed by atoms with Gasteiger partial charge in [0.2, 0.25) is 0 Å². The van der Waals surface area contributed by atoms with Crippen molar-refractivity contribution in [3.8, 4) is 22.3 Å². The molecule has 0 saturated heterocycles. The molecule has 0 spiro atoms. The molecule has 0 N–H and O–H groups in total. The molecular weight excluding hydrogens is 426 g/mol. The van der Waals surface area contributed by atoms with Crippen LogP contribution in [0.25, 0.3) is 22.3 Å². The zero-order valence-corrected chi connectivity index (χ0v) is 16.9. The highest BCUT2D eigenvalue weighted by Gasteiger charge is 2.12. The van der Waals surface area contributed by atoms with Gasteiger partial charge in [-0.1, -0.05) is 74.3 Å². The predicted octanol–water partition coefficient (Wildman–Crippen LogP) is 6.61. The van der Waals surface area contributed by atoms with E-state index in [-0.39, 0.29) is 0 Å². The first kappa shape index (κ1) is 17.4. The summed E-state index contributed by atoms with van der Waals surface area (Å²) in [7, 11) is 4.23. The quantitative estimate of drug-likeness (QED) is 0.437. The lowest BCUT2D eigenvalue weighted by atomic mass is 9.91. The lowest BCUT2D eigenvalue weighted by Crippen LogP contribution is -2.12. The minimum absolute atomic E-state index is 0.900. The summed E-state index contributed by atoms with van der Waals surface area (Å²) in [6.45, 7) is 0.900. The van der Waals surface area contributed by atoms with Crippen molar-refractivity contribution < 1.29 is 0 Å². The van der Waals surface area contributed by atoms with Crippen molar-refractivity contribution in [2.75, 3.05) is 14.1 Å². The van der Waals surface area contributed by atoms with E-state index in [0.29, 0.717) is 0 Å². The molecule has 122 valence electrons. The molecule has 0 bridgehead atoms. The van der Waals surface area contributed by atoms with Gasteiger partial charge in [0.1, 0.15) is 0 Å². The zero-order chi connectivity index (χ0) is 17.1. The number of rotatable bonds is 4. The van der Waals surface area contributed by atoms with Gasteiger partial charge in [0, 0.05) is 15.5 Å². The minimum atomic E-state index is 0.900. The van der Waals surface area contributed by atoms with E-state index in [1.165, 1.54) is 27.8 Å². The second-order valence-corrected chi connectivity index (χ2v) is 7.91. The van der Waals surface area contributed by atoms with Crippen molar-refractivity contribution in [1.29, 1.82) is 0 Å². The third kappa shape index (κ3) is 3.97. The number of benzene rings is 3. The Balaban J connectivity index is 2.17. The summed E-state index contributed by atoms with van der Waals surface area (Å²) >= 11 is 7.04. The van der Waals surface area contributed by atoms with Gasteiger partial charge in [0.25, 0.3) is 0 Å². The number of nitrogens with zero attached hydrogens (tertiary/aromatic N) is 1. The molecule has 0 atom stereocenters. The van der Waals surface area contributed by atoms with Crippen LogP contribution in [0.4, 0.5) is 0 Å². The maximum Gasteiger partial charge on any atom is 0.0239 e. The molecule has 0 saturated carbocycles. The fourth-order valence-electron chi connectivity index (χ4n) is 2.87. The maximum absolute atomic E-state index is 3.52. The minimum Gasteiger partial charge on any atom is -0.305 e. The highest BCUT2D eigenvalue weighted by Crippen LogP contribution is 2.34. The molecule has 0 aliphatic heterocycles. The molecule has 0 radical (unpaired) electrons. The Morgan fingerprint density at radius 3 is 1.46 bits per heavy atom. The van der Waals surface area contributed by atoms with Crippen LogP contribution in [0, 0.1) is 0 Å². The van der Waals surface area contributed by atoms with Crippen LogP contribution in [0.2, 0.25) is 0 Å². The summed E-state index contributed by atoms with van der Waals surface area (Å²) in [6.07, 6.45) is 0. The molecule has 24 heavy (non-hydrogen) atoms. The normalized spacial score (nSPS) is 11.0. The van der Waals surface area contributed by atoms with Gasteiger partial charge in [-0.05, 0) is 66.2 Å². The summed E-state index contributed by atoms with van der Waals surface area (Å²) in [5.74, 6) is 0. The zero-order valence-electron chi connectivity index (χ0n) is 13.8. The van der Waals surface area contributed by atoms with Crippen LogP contribution < -0.4 is 0 Å². The van der Waals surface area contributed by atoms with E-state index in [1.54, 1.807) is 0 Å². The van der Waals surface area contributed by atoms with Crippen molar-refractivity contribution in [1.82, 2.24) is 4.90 Å². The monoisotopic (exact) mass is 443 g/mol. The van der Waals surface area contributed by atoms with E-state index in [0.717, 1.165) is 15.5 Å². The third-order valence-electron chi connectivity index (χ3n) is 3.96.